The molecule has 2 rings (SSSR count). The number of rotatable bonds is 5. The molecule has 122 valence electrons. The SMILES string of the molecule is Br.CC1(C)N=C(N)N=C(N)N1OCCOc1ccc(Cl)cc1. The molecule has 0 saturated heterocycles. The lowest BCUT2D eigenvalue weighted by atomic mass is 10.2. The fraction of sp³-hybridized carbons (Fsp3) is 0.385. The van der Waals surface area contributed by atoms with Gasteiger partial charge >= 0.3 is 0 Å². The zero-order valence-electron chi connectivity index (χ0n) is 12.3. The standard InChI is InChI=1S/C13H18ClN5O2.BrH/c1-13(2)18-11(15)17-12(16)19(13)21-8-7-20-10-5-3-9(14)4-6-10;/h3-6H,7-8H2,1-2H3,(H4,15,16,17,18);1H. The number of hydrogen-bond acceptors (Lipinski definition) is 7. The lowest BCUT2D eigenvalue weighted by molar-refractivity contribution is -0.161. The van der Waals surface area contributed by atoms with Crippen molar-refractivity contribution in [2.45, 2.75) is 19.5 Å². The van der Waals surface area contributed by atoms with Crippen molar-refractivity contribution >= 4 is 40.5 Å². The molecule has 22 heavy (non-hydrogen) atoms. The Morgan fingerprint density at radius 1 is 1.18 bits per heavy atom. The Morgan fingerprint density at radius 3 is 2.41 bits per heavy atom. The van der Waals surface area contributed by atoms with Gasteiger partial charge in [0.25, 0.3) is 0 Å². The molecular formula is C13H19BrClN5O2. The molecule has 1 aliphatic heterocycles. The average Bonchev–Trinajstić information content (AvgIpc) is 2.38. The van der Waals surface area contributed by atoms with Gasteiger partial charge in [0.1, 0.15) is 19.0 Å². The van der Waals surface area contributed by atoms with Crippen LogP contribution in [0.3, 0.4) is 0 Å². The number of benzene rings is 1. The lowest BCUT2D eigenvalue weighted by Gasteiger charge is -2.36. The van der Waals surface area contributed by atoms with Crippen molar-refractivity contribution in [1.29, 1.82) is 0 Å². The molecule has 0 fully saturated rings. The molecule has 1 aromatic rings. The predicted molar refractivity (Wildman–Crippen MR) is 92.4 cm³/mol. The molecule has 0 atom stereocenters. The maximum absolute atomic E-state index is 5.80. The van der Waals surface area contributed by atoms with E-state index < -0.39 is 5.66 Å². The molecule has 9 heteroatoms. The van der Waals surface area contributed by atoms with Crippen LogP contribution in [0.25, 0.3) is 0 Å². The molecular weight excluding hydrogens is 374 g/mol. The second-order valence-corrected chi connectivity index (χ2v) is 5.30. The minimum absolute atomic E-state index is 0. The number of ether oxygens (including phenoxy) is 1. The van der Waals surface area contributed by atoms with Crippen LogP contribution in [0, 0.1) is 0 Å². The highest BCUT2D eigenvalue weighted by Gasteiger charge is 2.32. The van der Waals surface area contributed by atoms with E-state index in [2.05, 4.69) is 9.98 Å². The maximum atomic E-state index is 5.80. The number of hydrogen-bond donors (Lipinski definition) is 2. The average molecular weight is 393 g/mol. The van der Waals surface area contributed by atoms with E-state index >= 15 is 0 Å². The zero-order valence-corrected chi connectivity index (χ0v) is 14.8. The first-order valence-corrected chi connectivity index (χ1v) is 6.77. The first-order valence-electron chi connectivity index (χ1n) is 6.39. The molecule has 0 aliphatic carbocycles. The number of nitrogens with two attached hydrogens (primary N) is 2. The van der Waals surface area contributed by atoms with E-state index in [0.717, 1.165) is 0 Å². The minimum Gasteiger partial charge on any atom is -0.491 e. The van der Waals surface area contributed by atoms with Crippen LogP contribution >= 0.6 is 28.6 Å². The monoisotopic (exact) mass is 391 g/mol. The highest BCUT2D eigenvalue weighted by atomic mass is 79.9. The van der Waals surface area contributed by atoms with Gasteiger partial charge in [0.05, 0.1) is 0 Å². The van der Waals surface area contributed by atoms with Crippen LogP contribution in [-0.2, 0) is 4.84 Å². The summed E-state index contributed by atoms with van der Waals surface area (Å²) >= 11 is 5.80. The quantitative estimate of drug-likeness (QED) is 0.746. The molecule has 1 heterocycles. The van der Waals surface area contributed by atoms with Crippen molar-refractivity contribution in [3.8, 4) is 5.75 Å². The smallest absolute Gasteiger partial charge is 0.226 e. The van der Waals surface area contributed by atoms with E-state index in [1.54, 1.807) is 24.3 Å². The molecule has 0 amide bonds. The Kier molecular flexibility index (Phi) is 6.46. The molecule has 0 bridgehead atoms. The van der Waals surface area contributed by atoms with Gasteiger partial charge in [-0.1, -0.05) is 11.6 Å². The van der Waals surface area contributed by atoms with Crippen LogP contribution in [0.4, 0.5) is 0 Å². The molecule has 1 aromatic carbocycles. The summed E-state index contributed by atoms with van der Waals surface area (Å²) in [6.07, 6.45) is 0. The van der Waals surface area contributed by atoms with Gasteiger partial charge in [-0.3, -0.25) is 4.84 Å². The molecule has 1 aliphatic rings. The maximum Gasteiger partial charge on any atom is 0.226 e. The molecule has 0 saturated carbocycles. The first kappa shape index (κ1) is 18.5. The van der Waals surface area contributed by atoms with Crippen LogP contribution in [0.2, 0.25) is 5.02 Å². The first-order chi connectivity index (χ1) is 9.88. The molecule has 0 spiro atoms. The summed E-state index contributed by atoms with van der Waals surface area (Å²) in [6, 6.07) is 7.09. The van der Waals surface area contributed by atoms with Crippen molar-refractivity contribution in [3.05, 3.63) is 29.3 Å². The fourth-order valence-electron chi connectivity index (χ4n) is 1.84. The Morgan fingerprint density at radius 2 is 1.82 bits per heavy atom. The van der Waals surface area contributed by atoms with Gasteiger partial charge < -0.3 is 16.2 Å². The molecule has 0 radical (unpaired) electrons. The second kappa shape index (κ2) is 7.66. The van der Waals surface area contributed by atoms with E-state index in [1.165, 1.54) is 5.06 Å². The summed E-state index contributed by atoms with van der Waals surface area (Å²) in [5, 5.41) is 2.07. The van der Waals surface area contributed by atoms with E-state index in [-0.39, 0.29) is 35.5 Å². The third-order valence-electron chi connectivity index (χ3n) is 2.71. The van der Waals surface area contributed by atoms with Gasteiger partial charge in [-0.05, 0) is 38.1 Å². The van der Waals surface area contributed by atoms with Gasteiger partial charge in [0.15, 0.2) is 5.66 Å². The van der Waals surface area contributed by atoms with Crippen LogP contribution < -0.4 is 16.2 Å². The van der Waals surface area contributed by atoms with E-state index in [0.29, 0.717) is 17.4 Å². The molecule has 4 N–H and O–H groups in total. The summed E-state index contributed by atoms with van der Waals surface area (Å²) in [4.78, 5) is 13.6. The Bertz CT molecular complexity index is 562. The number of nitrogens with zero attached hydrogens (tertiary/aromatic N) is 3. The number of halogens is 2. The number of aliphatic imine (C=N–C) groups is 2. The van der Waals surface area contributed by atoms with E-state index in [4.69, 9.17) is 32.6 Å². The summed E-state index contributed by atoms with van der Waals surface area (Å²) in [5.41, 5.74) is 10.6. The fourth-order valence-corrected chi connectivity index (χ4v) is 1.96. The molecule has 7 nitrogen and oxygen atoms in total. The van der Waals surface area contributed by atoms with Crippen molar-refractivity contribution in [2.24, 2.45) is 21.5 Å². The summed E-state index contributed by atoms with van der Waals surface area (Å²) in [5.74, 6) is 1.01. The normalized spacial score (nSPS) is 16.4. The summed E-state index contributed by atoms with van der Waals surface area (Å²) in [7, 11) is 0. The zero-order chi connectivity index (χ0) is 15.5. The van der Waals surface area contributed by atoms with Gasteiger partial charge in [-0.25, -0.2) is 4.99 Å². The predicted octanol–water partition coefficient (Wildman–Crippen LogP) is 1.91. The largest absolute Gasteiger partial charge is 0.491 e. The van der Waals surface area contributed by atoms with Crippen LogP contribution in [0.15, 0.2) is 34.3 Å². The third-order valence-corrected chi connectivity index (χ3v) is 2.96. The van der Waals surface area contributed by atoms with Crippen LogP contribution in [0.5, 0.6) is 5.75 Å². The Balaban J connectivity index is 0.00000242. The Hall–Kier alpha value is -1.51. The number of guanidine groups is 2. The second-order valence-electron chi connectivity index (χ2n) is 4.86. The summed E-state index contributed by atoms with van der Waals surface area (Å²) in [6.45, 7) is 4.28. The topological polar surface area (TPSA) is 98.5 Å². The molecule has 0 unspecified atom stereocenters. The van der Waals surface area contributed by atoms with Gasteiger partial charge in [0.2, 0.25) is 11.9 Å². The summed E-state index contributed by atoms with van der Waals surface area (Å²) < 4.78 is 5.53. The number of hydroxylamine groups is 2. The van der Waals surface area contributed by atoms with Crippen LogP contribution in [0.1, 0.15) is 13.8 Å². The van der Waals surface area contributed by atoms with E-state index in [1.807, 2.05) is 13.8 Å². The Labute approximate surface area is 144 Å². The van der Waals surface area contributed by atoms with Crippen molar-refractivity contribution in [3.63, 3.8) is 0 Å². The highest BCUT2D eigenvalue weighted by Crippen LogP contribution is 2.20. The van der Waals surface area contributed by atoms with Gasteiger partial charge in [-0.15, -0.1) is 17.0 Å². The van der Waals surface area contributed by atoms with Crippen molar-refractivity contribution in [2.75, 3.05) is 13.2 Å². The van der Waals surface area contributed by atoms with Gasteiger partial charge in [-0.2, -0.15) is 10.1 Å². The third kappa shape index (κ3) is 4.75. The highest BCUT2D eigenvalue weighted by molar-refractivity contribution is 8.93. The molecule has 0 aromatic heterocycles. The lowest BCUT2D eigenvalue weighted by Crippen LogP contribution is -2.54. The van der Waals surface area contributed by atoms with Gasteiger partial charge in [0, 0.05) is 5.02 Å². The van der Waals surface area contributed by atoms with Crippen LogP contribution in [-0.4, -0.2) is 35.9 Å². The van der Waals surface area contributed by atoms with Crippen molar-refractivity contribution in [1.82, 2.24) is 5.06 Å². The minimum atomic E-state index is -0.712. The van der Waals surface area contributed by atoms with E-state index in [9.17, 15) is 0 Å². The van der Waals surface area contributed by atoms with Crippen molar-refractivity contribution < 1.29 is 9.57 Å².